The maximum absolute atomic E-state index is 11.9. The zero-order chi connectivity index (χ0) is 16.6. The summed E-state index contributed by atoms with van der Waals surface area (Å²) in [5.41, 5.74) is 3.33. The van der Waals surface area contributed by atoms with Crippen molar-refractivity contribution in [2.75, 3.05) is 6.26 Å². The third-order valence-electron chi connectivity index (χ3n) is 4.48. The molecular weight excluding hydrogens is 328 g/mol. The number of aromatic nitrogens is 1. The molecule has 6 heteroatoms. The minimum Gasteiger partial charge on any atom is -0.480 e. The predicted molar refractivity (Wildman–Crippen MR) is 99.0 cm³/mol. The summed E-state index contributed by atoms with van der Waals surface area (Å²) in [6, 6.07) is 7.51. The fraction of sp³-hybridized carbons (Fsp3) is 0.412. The van der Waals surface area contributed by atoms with E-state index >= 15 is 0 Å². The quantitative estimate of drug-likeness (QED) is 0.822. The number of hydrogen-bond donors (Lipinski definition) is 2. The Hall–Kier alpha value is -1.53. The minimum atomic E-state index is -0.807. The Kier molecular flexibility index (Phi) is 4.64. The number of rotatable bonds is 3. The van der Waals surface area contributed by atoms with Crippen molar-refractivity contribution in [1.82, 2.24) is 9.88 Å². The summed E-state index contributed by atoms with van der Waals surface area (Å²) in [6.07, 6.45) is 4.24. The molecule has 0 fully saturated rings. The zero-order valence-corrected chi connectivity index (χ0v) is 14.8. The average molecular weight is 348 g/mol. The molecule has 0 amide bonds. The number of nitrogens with zero attached hydrogens (tertiary/aromatic N) is 1. The van der Waals surface area contributed by atoms with Crippen molar-refractivity contribution >= 4 is 45.2 Å². The van der Waals surface area contributed by atoms with Gasteiger partial charge in [0.2, 0.25) is 0 Å². The third-order valence-corrected chi connectivity index (χ3v) is 5.75. The highest BCUT2D eigenvalue weighted by molar-refractivity contribution is 8.22. The van der Waals surface area contributed by atoms with Crippen LogP contribution in [0.2, 0.25) is 0 Å². The van der Waals surface area contributed by atoms with Crippen LogP contribution in [0.4, 0.5) is 0 Å². The van der Waals surface area contributed by atoms with Gasteiger partial charge in [0.05, 0.1) is 6.04 Å². The second kappa shape index (κ2) is 6.53. The van der Waals surface area contributed by atoms with Gasteiger partial charge in [-0.05, 0) is 24.3 Å². The van der Waals surface area contributed by atoms with Crippen molar-refractivity contribution in [3.8, 4) is 0 Å². The molecule has 0 radical (unpaired) electrons. The fourth-order valence-electron chi connectivity index (χ4n) is 3.50. The lowest BCUT2D eigenvalue weighted by atomic mass is 9.90. The fourth-order valence-corrected chi connectivity index (χ4v) is 4.22. The maximum atomic E-state index is 11.9. The van der Waals surface area contributed by atoms with Gasteiger partial charge in [-0.1, -0.05) is 43.8 Å². The Morgan fingerprint density at radius 1 is 1.48 bits per heavy atom. The van der Waals surface area contributed by atoms with E-state index in [4.69, 9.17) is 12.2 Å². The van der Waals surface area contributed by atoms with Crippen molar-refractivity contribution in [3.05, 3.63) is 35.5 Å². The predicted octanol–water partition coefficient (Wildman–Crippen LogP) is 3.97. The Morgan fingerprint density at radius 3 is 2.87 bits per heavy atom. The summed E-state index contributed by atoms with van der Waals surface area (Å²) in [7, 11) is 0. The molecule has 3 rings (SSSR count). The van der Waals surface area contributed by atoms with Gasteiger partial charge in [-0.15, -0.1) is 11.8 Å². The summed E-state index contributed by atoms with van der Waals surface area (Å²) in [5.74, 6) is -0.807. The normalized spacial score (nSPS) is 20.5. The lowest BCUT2D eigenvalue weighted by molar-refractivity contribution is -0.142. The number of benzene rings is 1. The summed E-state index contributed by atoms with van der Waals surface area (Å²) < 4.78 is 0.653. The van der Waals surface area contributed by atoms with E-state index in [1.165, 1.54) is 11.8 Å². The van der Waals surface area contributed by atoms with E-state index in [2.05, 4.69) is 18.0 Å². The SMILES string of the molecule is CCC[C@H]1c2[nH]c3ccccc3c2C[C@H](C(=O)O)N1C(=S)SC. The molecule has 1 aliphatic heterocycles. The number of hydrogen-bond acceptors (Lipinski definition) is 3. The number of aromatic amines is 1. The summed E-state index contributed by atoms with van der Waals surface area (Å²) in [5, 5.41) is 10.9. The molecule has 1 aromatic heterocycles. The highest BCUT2D eigenvalue weighted by Gasteiger charge is 2.40. The monoisotopic (exact) mass is 348 g/mol. The highest BCUT2D eigenvalue weighted by Crippen LogP contribution is 2.40. The van der Waals surface area contributed by atoms with E-state index < -0.39 is 12.0 Å². The average Bonchev–Trinajstić information content (AvgIpc) is 2.92. The molecule has 122 valence electrons. The Bertz CT molecular complexity index is 756. The third kappa shape index (κ3) is 2.74. The molecule has 0 spiro atoms. The molecule has 23 heavy (non-hydrogen) atoms. The van der Waals surface area contributed by atoms with Crippen molar-refractivity contribution in [2.24, 2.45) is 0 Å². The van der Waals surface area contributed by atoms with Gasteiger partial charge in [-0.25, -0.2) is 4.79 Å². The summed E-state index contributed by atoms with van der Waals surface area (Å²) >= 11 is 6.93. The number of aliphatic carboxylic acids is 1. The smallest absolute Gasteiger partial charge is 0.326 e. The molecule has 2 atom stereocenters. The van der Waals surface area contributed by atoms with Crippen molar-refractivity contribution < 1.29 is 9.90 Å². The van der Waals surface area contributed by atoms with E-state index in [0.29, 0.717) is 10.7 Å². The maximum Gasteiger partial charge on any atom is 0.326 e. The first-order valence-corrected chi connectivity index (χ1v) is 9.40. The first-order chi connectivity index (χ1) is 11.1. The lowest BCUT2D eigenvalue weighted by Gasteiger charge is -2.41. The van der Waals surface area contributed by atoms with Crippen LogP contribution < -0.4 is 0 Å². The Morgan fingerprint density at radius 2 is 2.22 bits per heavy atom. The van der Waals surface area contributed by atoms with Crippen LogP contribution in [0.1, 0.15) is 37.1 Å². The number of thiocarbonyl (C=S) groups is 1. The van der Waals surface area contributed by atoms with Crippen LogP contribution in [-0.4, -0.2) is 37.6 Å². The number of carboxylic acid groups (broad SMARTS) is 1. The Labute approximate surface area is 145 Å². The molecular formula is C17H20N2O2S2. The molecule has 1 aliphatic rings. The zero-order valence-electron chi connectivity index (χ0n) is 13.2. The van der Waals surface area contributed by atoms with Crippen LogP contribution in [-0.2, 0) is 11.2 Å². The van der Waals surface area contributed by atoms with E-state index in [1.54, 1.807) is 0 Å². The van der Waals surface area contributed by atoms with Gasteiger partial charge < -0.3 is 15.0 Å². The van der Waals surface area contributed by atoms with Crippen LogP contribution in [0, 0.1) is 0 Å². The molecule has 2 aromatic rings. The van der Waals surface area contributed by atoms with Crippen LogP contribution in [0.25, 0.3) is 10.9 Å². The van der Waals surface area contributed by atoms with Gasteiger partial charge in [0.15, 0.2) is 0 Å². The van der Waals surface area contributed by atoms with E-state index in [0.717, 1.165) is 35.0 Å². The number of nitrogens with one attached hydrogen (secondary N) is 1. The molecule has 0 bridgehead atoms. The first-order valence-electron chi connectivity index (χ1n) is 7.77. The first kappa shape index (κ1) is 16.3. The van der Waals surface area contributed by atoms with Gasteiger partial charge in [-0.3, -0.25) is 0 Å². The van der Waals surface area contributed by atoms with Crippen molar-refractivity contribution in [1.29, 1.82) is 0 Å². The number of H-pyrrole nitrogens is 1. The number of fused-ring (bicyclic) bond motifs is 3. The molecule has 0 unspecified atom stereocenters. The molecule has 1 aromatic carbocycles. The van der Waals surface area contributed by atoms with E-state index in [1.807, 2.05) is 29.4 Å². The second-order valence-corrected chi connectivity index (χ2v) is 7.24. The van der Waals surface area contributed by atoms with Crippen LogP contribution in [0.15, 0.2) is 24.3 Å². The van der Waals surface area contributed by atoms with Crippen LogP contribution in [0.5, 0.6) is 0 Å². The van der Waals surface area contributed by atoms with Gasteiger partial charge in [0.1, 0.15) is 10.4 Å². The van der Waals surface area contributed by atoms with Crippen molar-refractivity contribution in [2.45, 2.75) is 38.3 Å². The topological polar surface area (TPSA) is 56.3 Å². The number of carboxylic acids is 1. The van der Waals surface area contributed by atoms with Gasteiger partial charge in [-0.2, -0.15) is 0 Å². The minimum absolute atomic E-state index is 0.00259. The number of thioether (sulfide) groups is 1. The van der Waals surface area contributed by atoms with E-state index in [-0.39, 0.29) is 6.04 Å². The van der Waals surface area contributed by atoms with E-state index in [9.17, 15) is 9.90 Å². The standard InChI is InChI=1S/C17H20N2O2S2/c1-3-6-13-15-11(10-7-4-5-8-12(10)18-15)9-14(16(20)21)19(13)17(22)23-2/h4-5,7-8,13-14,18H,3,6,9H2,1-2H3,(H,20,21)/t13-,14+/m0/s1. The molecule has 0 saturated heterocycles. The van der Waals surface area contributed by atoms with Gasteiger partial charge in [0, 0.05) is 23.0 Å². The Balaban J connectivity index is 2.19. The molecule has 4 nitrogen and oxygen atoms in total. The molecule has 2 N–H and O–H groups in total. The highest BCUT2D eigenvalue weighted by atomic mass is 32.2. The number of carbonyl (C=O) groups is 1. The summed E-state index contributed by atoms with van der Waals surface area (Å²) in [4.78, 5) is 17.3. The van der Waals surface area contributed by atoms with Crippen molar-refractivity contribution in [3.63, 3.8) is 0 Å². The molecule has 2 heterocycles. The molecule has 0 saturated carbocycles. The number of para-hydroxylation sites is 1. The lowest BCUT2D eigenvalue weighted by Crippen LogP contribution is -2.49. The van der Waals surface area contributed by atoms with Crippen LogP contribution in [0.3, 0.4) is 0 Å². The summed E-state index contributed by atoms with van der Waals surface area (Å²) in [6.45, 7) is 2.12. The second-order valence-electron chi connectivity index (χ2n) is 5.80. The largest absolute Gasteiger partial charge is 0.480 e. The van der Waals surface area contributed by atoms with Gasteiger partial charge >= 0.3 is 5.97 Å². The molecule has 0 aliphatic carbocycles. The van der Waals surface area contributed by atoms with Gasteiger partial charge in [0.25, 0.3) is 0 Å². The van der Waals surface area contributed by atoms with Crippen LogP contribution >= 0.6 is 24.0 Å².